The third-order valence-corrected chi connectivity index (χ3v) is 7.28. The van der Waals surface area contributed by atoms with Crippen LogP contribution in [0.2, 0.25) is 5.02 Å². The molecule has 0 spiro atoms. The molecule has 0 radical (unpaired) electrons. The average molecular weight is 423 g/mol. The number of rotatable bonds is 4. The molecule has 1 fully saturated rings. The summed E-state index contributed by atoms with van der Waals surface area (Å²) in [4.78, 5) is 25.1. The van der Waals surface area contributed by atoms with Crippen molar-refractivity contribution in [2.45, 2.75) is 32.9 Å². The maximum Gasteiger partial charge on any atom is 0.420 e. The van der Waals surface area contributed by atoms with Gasteiger partial charge in [-0.1, -0.05) is 11.6 Å². The number of sulfone groups is 1. The molecule has 0 bridgehead atoms. The van der Waals surface area contributed by atoms with Crippen LogP contribution in [0, 0.1) is 13.8 Å². The fourth-order valence-corrected chi connectivity index (χ4v) is 5.88. The summed E-state index contributed by atoms with van der Waals surface area (Å²) in [5.74, 6) is -0.609. The number of oxazole rings is 1. The zero-order valence-electron chi connectivity index (χ0n) is 15.4. The van der Waals surface area contributed by atoms with E-state index >= 15 is 0 Å². The number of carbonyl (C=O) groups is 1. The molecule has 1 aliphatic heterocycles. The lowest BCUT2D eigenvalue weighted by Gasteiger charge is -2.16. The van der Waals surface area contributed by atoms with Crippen molar-refractivity contribution in [1.82, 2.24) is 9.13 Å². The molecule has 0 N–H and O–H groups in total. The third kappa shape index (κ3) is 3.20. The van der Waals surface area contributed by atoms with Gasteiger partial charge in [-0.3, -0.25) is 9.36 Å². The molecule has 0 aliphatic carbocycles. The summed E-state index contributed by atoms with van der Waals surface area (Å²) in [5.41, 5.74) is 2.86. The molecular weight excluding hydrogens is 404 g/mol. The van der Waals surface area contributed by atoms with Gasteiger partial charge in [-0.15, -0.1) is 0 Å². The van der Waals surface area contributed by atoms with Crippen LogP contribution >= 0.6 is 11.6 Å². The lowest BCUT2D eigenvalue weighted by molar-refractivity contribution is 0.0970. The molecule has 3 heterocycles. The van der Waals surface area contributed by atoms with Crippen molar-refractivity contribution in [2.75, 3.05) is 11.5 Å². The Hall–Kier alpha value is -2.32. The highest BCUT2D eigenvalue weighted by atomic mass is 35.5. The van der Waals surface area contributed by atoms with Crippen LogP contribution in [0.25, 0.3) is 11.1 Å². The largest absolute Gasteiger partial charge is 0.420 e. The highest BCUT2D eigenvalue weighted by Gasteiger charge is 2.31. The molecule has 0 saturated carbocycles. The highest BCUT2D eigenvalue weighted by Crippen LogP contribution is 2.29. The number of aromatic nitrogens is 2. The molecule has 28 heavy (non-hydrogen) atoms. The van der Waals surface area contributed by atoms with E-state index in [0.29, 0.717) is 33.8 Å². The standard InChI is InChI=1S/C19H19ClN2O5S/c1-11-7-15(12(2)22(11)14-5-6-28(25,26)10-14)17(23)9-21-16-4-3-13(20)8-18(16)27-19(21)24/h3-4,7-8,14H,5-6,9-10H2,1-2H3. The minimum absolute atomic E-state index is 0.0869. The van der Waals surface area contributed by atoms with Crippen molar-refractivity contribution < 1.29 is 17.6 Å². The Morgan fingerprint density at radius 1 is 1.29 bits per heavy atom. The van der Waals surface area contributed by atoms with Crippen molar-refractivity contribution >= 4 is 38.3 Å². The maximum atomic E-state index is 12.9. The predicted octanol–water partition coefficient (Wildman–Crippen LogP) is 2.91. The molecule has 1 aromatic carbocycles. The number of halogens is 1. The van der Waals surface area contributed by atoms with E-state index in [1.165, 1.54) is 10.6 Å². The van der Waals surface area contributed by atoms with E-state index < -0.39 is 15.6 Å². The lowest BCUT2D eigenvalue weighted by Crippen LogP contribution is -2.21. The average Bonchev–Trinajstić information content (AvgIpc) is 3.21. The quantitative estimate of drug-likeness (QED) is 0.603. The van der Waals surface area contributed by atoms with Gasteiger partial charge >= 0.3 is 5.76 Å². The summed E-state index contributed by atoms with van der Waals surface area (Å²) in [6, 6.07) is 6.40. The molecule has 7 nitrogen and oxygen atoms in total. The van der Waals surface area contributed by atoms with Gasteiger partial charge in [0.2, 0.25) is 0 Å². The summed E-state index contributed by atoms with van der Waals surface area (Å²) in [7, 11) is -3.04. The Balaban J connectivity index is 1.68. The van der Waals surface area contributed by atoms with E-state index in [1.807, 2.05) is 11.5 Å². The Morgan fingerprint density at radius 3 is 2.71 bits per heavy atom. The normalized spacial score (nSPS) is 18.8. The fourth-order valence-electron chi connectivity index (χ4n) is 4.02. The molecule has 148 valence electrons. The van der Waals surface area contributed by atoms with E-state index in [-0.39, 0.29) is 29.9 Å². The van der Waals surface area contributed by atoms with Gasteiger partial charge in [-0.2, -0.15) is 0 Å². The number of hydrogen-bond donors (Lipinski definition) is 0. The minimum atomic E-state index is -3.04. The van der Waals surface area contributed by atoms with Gasteiger partial charge < -0.3 is 8.98 Å². The van der Waals surface area contributed by atoms with Crippen molar-refractivity contribution in [3.8, 4) is 0 Å². The number of nitrogens with zero attached hydrogens (tertiary/aromatic N) is 2. The van der Waals surface area contributed by atoms with Crippen LogP contribution in [0.4, 0.5) is 0 Å². The van der Waals surface area contributed by atoms with Crippen LogP contribution in [0.5, 0.6) is 0 Å². The Labute approximate surface area is 166 Å². The van der Waals surface area contributed by atoms with E-state index in [1.54, 1.807) is 25.1 Å². The maximum absolute atomic E-state index is 12.9. The first-order chi connectivity index (χ1) is 13.2. The Bertz CT molecular complexity index is 1270. The summed E-state index contributed by atoms with van der Waals surface area (Å²) >= 11 is 5.92. The van der Waals surface area contributed by atoms with Gasteiger partial charge in [0.05, 0.1) is 23.6 Å². The Kier molecular flexibility index (Phi) is 4.50. The van der Waals surface area contributed by atoms with E-state index in [4.69, 9.17) is 16.0 Å². The zero-order valence-corrected chi connectivity index (χ0v) is 17.0. The summed E-state index contributed by atoms with van der Waals surface area (Å²) < 4.78 is 32.1. The first-order valence-corrected chi connectivity index (χ1v) is 11.1. The lowest BCUT2D eigenvalue weighted by atomic mass is 10.1. The number of carbonyl (C=O) groups excluding carboxylic acids is 1. The third-order valence-electron chi connectivity index (χ3n) is 5.29. The molecule has 1 atom stereocenters. The summed E-state index contributed by atoms with van der Waals surface area (Å²) in [5, 5.41) is 0.440. The summed E-state index contributed by atoms with van der Waals surface area (Å²) in [6.45, 7) is 3.50. The topological polar surface area (TPSA) is 91.3 Å². The van der Waals surface area contributed by atoms with Crippen LogP contribution in [0.3, 0.4) is 0 Å². The molecule has 1 aliphatic rings. The molecule has 3 aromatic rings. The zero-order chi connectivity index (χ0) is 20.2. The van der Waals surface area contributed by atoms with Crippen LogP contribution < -0.4 is 5.76 Å². The van der Waals surface area contributed by atoms with Crippen LogP contribution in [0.15, 0.2) is 33.5 Å². The SMILES string of the molecule is Cc1cc(C(=O)Cn2c(=O)oc3cc(Cl)ccc32)c(C)n1C1CCS(=O)(=O)C1. The molecule has 2 aromatic heterocycles. The fraction of sp³-hybridized carbons (Fsp3) is 0.368. The first kappa shape index (κ1) is 19.0. The van der Waals surface area contributed by atoms with Gasteiger partial charge in [-0.05, 0) is 38.5 Å². The number of Topliss-reactive ketones (excluding diaryl/α,β-unsaturated/α-hetero) is 1. The van der Waals surface area contributed by atoms with Gasteiger partial charge in [0, 0.05) is 34.1 Å². The molecule has 4 rings (SSSR count). The number of aryl methyl sites for hydroxylation is 1. The molecule has 0 amide bonds. The molecule has 1 unspecified atom stereocenters. The summed E-state index contributed by atoms with van der Waals surface area (Å²) in [6.07, 6.45) is 0.541. The molecule has 1 saturated heterocycles. The Morgan fingerprint density at radius 2 is 2.04 bits per heavy atom. The minimum Gasteiger partial charge on any atom is -0.408 e. The number of ketones is 1. The van der Waals surface area contributed by atoms with Gasteiger partial charge in [0.15, 0.2) is 21.2 Å². The van der Waals surface area contributed by atoms with E-state index in [0.717, 1.165) is 5.69 Å². The second kappa shape index (κ2) is 6.63. The van der Waals surface area contributed by atoms with Crippen molar-refractivity contribution in [3.63, 3.8) is 0 Å². The molecule has 9 heteroatoms. The van der Waals surface area contributed by atoms with E-state index in [9.17, 15) is 18.0 Å². The van der Waals surface area contributed by atoms with Crippen LogP contribution in [0.1, 0.15) is 34.2 Å². The highest BCUT2D eigenvalue weighted by molar-refractivity contribution is 7.91. The molecular formula is C19H19ClN2O5S. The van der Waals surface area contributed by atoms with Gasteiger partial charge in [-0.25, -0.2) is 13.2 Å². The van der Waals surface area contributed by atoms with Crippen LogP contribution in [-0.4, -0.2) is 34.8 Å². The van der Waals surface area contributed by atoms with E-state index in [2.05, 4.69) is 0 Å². The first-order valence-electron chi connectivity index (χ1n) is 8.87. The van der Waals surface area contributed by atoms with Crippen LogP contribution in [-0.2, 0) is 16.4 Å². The predicted molar refractivity (Wildman–Crippen MR) is 106 cm³/mol. The second-order valence-electron chi connectivity index (χ2n) is 7.20. The van der Waals surface area contributed by atoms with Crippen molar-refractivity contribution in [3.05, 3.63) is 56.8 Å². The van der Waals surface area contributed by atoms with Gasteiger partial charge in [0.1, 0.15) is 0 Å². The number of benzene rings is 1. The second-order valence-corrected chi connectivity index (χ2v) is 9.87. The smallest absolute Gasteiger partial charge is 0.408 e. The monoisotopic (exact) mass is 422 g/mol. The van der Waals surface area contributed by atoms with Crippen molar-refractivity contribution in [1.29, 1.82) is 0 Å². The van der Waals surface area contributed by atoms with Crippen molar-refractivity contribution in [2.24, 2.45) is 0 Å². The number of fused-ring (bicyclic) bond motifs is 1. The number of hydrogen-bond acceptors (Lipinski definition) is 5. The van der Waals surface area contributed by atoms with Gasteiger partial charge in [0.25, 0.3) is 0 Å².